The molecule has 0 aliphatic carbocycles. The highest BCUT2D eigenvalue weighted by atomic mass is 35.5. The van der Waals surface area contributed by atoms with E-state index in [9.17, 15) is 9.59 Å². The van der Waals surface area contributed by atoms with Gasteiger partial charge < -0.3 is 14.4 Å². The standard InChI is InChI=1S/C25H25ClN2O4/c1-31-25(30)22-14-19-4-2-3-5-20(19)15-23(22)32-17-24(29)28-12-10-27(11-13-28)16-18-6-8-21(26)9-7-18/h2-9,14-15H,10-13,16-17H2,1H3. The molecule has 1 fully saturated rings. The molecule has 1 amide bonds. The summed E-state index contributed by atoms with van der Waals surface area (Å²) in [7, 11) is 1.33. The van der Waals surface area contributed by atoms with Crippen LogP contribution in [0.15, 0.2) is 60.7 Å². The Morgan fingerprint density at radius 2 is 1.59 bits per heavy atom. The van der Waals surface area contributed by atoms with Crippen molar-refractivity contribution in [1.82, 2.24) is 9.80 Å². The minimum atomic E-state index is -0.492. The van der Waals surface area contributed by atoms with E-state index in [0.717, 1.165) is 35.4 Å². The third-order valence-corrected chi connectivity index (χ3v) is 5.90. The predicted molar refractivity (Wildman–Crippen MR) is 124 cm³/mol. The minimum Gasteiger partial charge on any atom is -0.483 e. The molecule has 0 radical (unpaired) electrons. The third kappa shape index (κ3) is 5.21. The van der Waals surface area contributed by atoms with Crippen molar-refractivity contribution < 1.29 is 19.1 Å². The number of benzene rings is 3. The fraction of sp³-hybridized carbons (Fsp3) is 0.280. The van der Waals surface area contributed by atoms with Gasteiger partial charge in [0.25, 0.3) is 5.91 Å². The molecule has 1 saturated heterocycles. The van der Waals surface area contributed by atoms with Crippen LogP contribution in [0.25, 0.3) is 10.8 Å². The normalized spacial score (nSPS) is 14.4. The molecule has 4 rings (SSSR count). The molecule has 3 aromatic carbocycles. The van der Waals surface area contributed by atoms with Crippen LogP contribution in [0, 0.1) is 0 Å². The molecule has 0 N–H and O–H groups in total. The maximum Gasteiger partial charge on any atom is 0.341 e. The highest BCUT2D eigenvalue weighted by molar-refractivity contribution is 6.30. The second-order valence-electron chi connectivity index (χ2n) is 7.76. The first kappa shape index (κ1) is 22.1. The summed E-state index contributed by atoms with van der Waals surface area (Å²) in [5.41, 5.74) is 1.51. The highest BCUT2D eigenvalue weighted by Gasteiger charge is 2.22. The summed E-state index contributed by atoms with van der Waals surface area (Å²) in [6.07, 6.45) is 0. The second-order valence-corrected chi connectivity index (χ2v) is 8.20. The van der Waals surface area contributed by atoms with Crippen molar-refractivity contribution in [3.05, 3.63) is 76.8 Å². The fourth-order valence-corrected chi connectivity index (χ4v) is 3.97. The summed E-state index contributed by atoms with van der Waals surface area (Å²) in [4.78, 5) is 29.1. The van der Waals surface area contributed by atoms with Crippen LogP contribution in [0.1, 0.15) is 15.9 Å². The van der Waals surface area contributed by atoms with Crippen molar-refractivity contribution in [1.29, 1.82) is 0 Å². The summed E-state index contributed by atoms with van der Waals surface area (Å²) >= 11 is 5.95. The van der Waals surface area contributed by atoms with Crippen molar-refractivity contribution in [2.24, 2.45) is 0 Å². The molecule has 0 atom stereocenters. The molecule has 0 unspecified atom stereocenters. The second kappa shape index (κ2) is 10.0. The summed E-state index contributed by atoms with van der Waals surface area (Å²) in [6.45, 7) is 3.55. The SMILES string of the molecule is COC(=O)c1cc2ccccc2cc1OCC(=O)N1CCN(Cc2ccc(Cl)cc2)CC1. The first-order valence-electron chi connectivity index (χ1n) is 10.5. The van der Waals surface area contributed by atoms with Gasteiger partial charge in [-0.2, -0.15) is 0 Å². The minimum absolute atomic E-state index is 0.0971. The number of fused-ring (bicyclic) bond motifs is 1. The van der Waals surface area contributed by atoms with Gasteiger partial charge in [-0.15, -0.1) is 0 Å². The molecular weight excluding hydrogens is 428 g/mol. The van der Waals surface area contributed by atoms with Crippen LogP contribution >= 0.6 is 11.6 Å². The van der Waals surface area contributed by atoms with E-state index in [0.29, 0.717) is 24.4 Å². The van der Waals surface area contributed by atoms with Crippen molar-refractivity contribution in [3.63, 3.8) is 0 Å². The molecule has 0 spiro atoms. The van der Waals surface area contributed by atoms with E-state index >= 15 is 0 Å². The lowest BCUT2D eigenvalue weighted by atomic mass is 10.1. The van der Waals surface area contributed by atoms with E-state index in [2.05, 4.69) is 4.90 Å². The van der Waals surface area contributed by atoms with Crippen LogP contribution in [0.3, 0.4) is 0 Å². The molecule has 1 heterocycles. The Morgan fingerprint density at radius 3 is 2.25 bits per heavy atom. The quantitative estimate of drug-likeness (QED) is 0.529. The van der Waals surface area contributed by atoms with Crippen LogP contribution in [-0.2, 0) is 16.1 Å². The maximum atomic E-state index is 12.7. The average Bonchev–Trinajstić information content (AvgIpc) is 2.83. The lowest BCUT2D eigenvalue weighted by Gasteiger charge is -2.34. The molecule has 1 aliphatic heterocycles. The van der Waals surface area contributed by atoms with Gasteiger partial charge in [0.2, 0.25) is 0 Å². The van der Waals surface area contributed by atoms with E-state index in [1.54, 1.807) is 17.0 Å². The monoisotopic (exact) mass is 452 g/mol. The zero-order valence-electron chi connectivity index (χ0n) is 17.9. The molecule has 6 nitrogen and oxygen atoms in total. The van der Waals surface area contributed by atoms with E-state index in [4.69, 9.17) is 21.1 Å². The maximum absolute atomic E-state index is 12.7. The predicted octanol–water partition coefficient (Wildman–Crippen LogP) is 4.00. The van der Waals surface area contributed by atoms with Crippen molar-refractivity contribution in [2.45, 2.75) is 6.54 Å². The molecule has 0 saturated carbocycles. The summed E-state index contributed by atoms with van der Waals surface area (Å²) in [5, 5.41) is 2.56. The Kier molecular flexibility index (Phi) is 6.93. The van der Waals surface area contributed by atoms with Crippen LogP contribution in [-0.4, -0.2) is 61.6 Å². The molecule has 1 aliphatic rings. The number of nitrogens with zero attached hydrogens (tertiary/aromatic N) is 2. The van der Waals surface area contributed by atoms with Gasteiger partial charge in [-0.1, -0.05) is 48.0 Å². The zero-order chi connectivity index (χ0) is 22.5. The van der Waals surface area contributed by atoms with E-state index in [1.165, 1.54) is 12.7 Å². The number of halogens is 1. The topological polar surface area (TPSA) is 59.1 Å². The van der Waals surface area contributed by atoms with E-state index in [1.807, 2.05) is 48.5 Å². The number of amides is 1. The number of piperazine rings is 1. The number of carbonyl (C=O) groups excluding carboxylic acids is 2. The van der Waals surface area contributed by atoms with Gasteiger partial charge in [-0.05, 0) is 40.6 Å². The van der Waals surface area contributed by atoms with Gasteiger partial charge >= 0.3 is 5.97 Å². The third-order valence-electron chi connectivity index (χ3n) is 5.65. The summed E-state index contributed by atoms with van der Waals surface area (Å²) < 4.78 is 10.7. The van der Waals surface area contributed by atoms with E-state index in [-0.39, 0.29) is 12.5 Å². The summed E-state index contributed by atoms with van der Waals surface area (Å²) in [6, 6.07) is 19.0. The van der Waals surface area contributed by atoms with Gasteiger partial charge in [0.15, 0.2) is 6.61 Å². The van der Waals surface area contributed by atoms with Crippen molar-refractivity contribution >= 4 is 34.2 Å². The Bertz CT molecular complexity index is 1110. The smallest absolute Gasteiger partial charge is 0.341 e. The van der Waals surface area contributed by atoms with E-state index < -0.39 is 5.97 Å². The molecule has 7 heteroatoms. The molecule has 166 valence electrons. The fourth-order valence-electron chi connectivity index (χ4n) is 3.84. The first-order chi connectivity index (χ1) is 15.5. The number of rotatable bonds is 6. The van der Waals surface area contributed by atoms with Gasteiger partial charge in [0, 0.05) is 37.7 Å². The Balaban J connectivity index is 1.35. The van der Waals surface area contributed by atoms with Crippen LogP contribution in [0.2, 0.25) is 5.02 Å². The highest BCUT2D eigenvalue weighted by Crippen LogP contribution is 2.27. The van der Waals surface area contributed by atoms with Crippen LogP contribution < -0.4 is 4.74 Å². The summed E-state index contributed by atoms with van der Waals surface area (Å²) in [5.74, 6) is -0.237. The zero-order valence-corrected chi connectivity index (χ0v) is 18.7. The van der Waals surface area contributed by atoms with Crippen molar-refractivity contribution in [3.8, 4) is 5.75 Å². The lowest BCUT2D eigenvalue weighted by molar-refractivity contribution is -0.135. The van der Waals surface area contributed by atoms with Crippen LogP contribution in [0.4, 0.5) is 0 Å². The Morgan fingerprint density at radius 1 is 0.938 bits per heavy atom. The molecule has 32 heavy (non-hydrogen) atoms. The number of ether oxygens (including phenoxy) is 2. The van der Waals surface area contributed by atoms with Gasteiger partial charge in [-0.25, -0.2) is 4.79 Å². The number of esters is 1. The number of hydrogen-bond donors (Lipinski definition) is 0. The van der Waals surface area contributed by atoms with Crippen molar-refractivity contribution in [2.75, 3.05) is 39.9 Å². The number of hydrogen-bond acceptors (Lipinski definition) is 5. The first-order valence-corrected chi connectivity index (χ1v) is 10.9. The van der Waals surface area contributed by atoms with Gasteiger partial charge in [0.1, 0.15) is 11.3 Å². The molecule has 3 aromatic rings. The average molecular weight is 453 g/mol. The largest absolute Gasteiger partial charge is 0.483 e. The lowest BCUT2D eigenvalue weighted by Crippen LogP contribution is -2.49. The molecular formula is C25H25ClN2O4. The van der Waals surface area contributed by atoms with Gasteiger partial charge in [0.05, 0.1) is 7.11 Å². The number of methoxy groups -OCH3 is 1. The molecule has 0 bridgehead atoms. The Hall–Kier alpha value is -3.09. The van der Waals surface area contributed by atoms with Gasteiger partial charge in [-0.3, -0.25) is 9.69 Å². The molecule has 0 aromatic heterocycles. The van der Waals surface area contributed by atoms with Crippen LogP contribution in [0.5, 0.6) is 5.75 Å². The number of carbonyl (C=O) groups is 2. The Labute approximate surface area is 192 Å².